The van der Waals surface area contributed by atoms with E-state index in [0.29, 0.717) is 18.9 Å². The molecule has 0 aromatic carbocycles. The Balaban J connectivity index is 1.89. The summed E-state index contributed by atoms with van der Waals surface area (Å²) in [5.74, 6) is 1.44. The van der Waals surface area contributed by atoms with Gasteiger partial charge in [0.1, 0.15) is 0 Å². The maximum atomic E-state index is 11.7. The Morgan fingerprint density at radius 3 is 2.71 bits per heavy atom. The van der Waals surface area contributed by atoms with Crippen molar-refractivity contribution in [2.75, 3.05) is 39.5 Å². The highest BCUT2D eigenvalue weighted by atomic mass is 19.1. The van der Waals surface area contributed by atoms with Crippen LogP contribution in [0.4, 0.5) is 4.39 Å². The zero-order valence-electron chi connectivity index (χ0n) is 9.34. The number of rotatable bonds is 7. The third-order valence-corrected chi connectivity index (χ3v) is 2.43. The zero-order valence-corrected chi connectivity index (χ0v) is 9.34. The smallest absolute Gasteiger partial charge is 0.0916 e. The maximum absolute atomic E-state index is 11.7. The first-order chi connectivity index (χ1) is 6.72. The Labute approximate surface area is 86.4 Å². The lowest BCUT2D eigenvalue weighted by Crippen LogP contribution is -2.49. The fourth-order valence-corrected chi connectivity index (χ4v) is 1.85. The van der Waals surface area contributed by atoms with Gasteiger partial charge in [0.2, 0.25) is 0 Å². The number of nitrogens with zero attached hydrogens (tertiary/aromatic N) is 1. The minimum Gasteiger partial charge on any atom is -0.381 e. The Morgan fingerprint density at radius 1 is 1.43 bits per heavy atom. The van der Waals surface area contributed by atoms with Crippen LogP contribution in [0.1, 0.15) is 20.3 Å². The second-order valence-electron chi connectivity index (χ2n) is 4.60. The van der Waals surface area contributed by atoms with Crippen molar-refractivity contribution >= 4 is 0 Å². The molecule has 14 heavy (non-hydrogen) atoms. The SMILES string of the molecule is CC(C)CN1CC(COCCCF)C1. The number of likely N-dealkylation sites (tertiary alicyclic amines) is 1. The van der Waals surface area contributed by atoms with E-state index in [9.17, 15) is 4.39 Å². The van der Waals surface area contributed by atoms with Crippen LogP contribution in [0.2, 0.25) is 0 Å². The predicted octanol–water partition coefficient (Wildman–Crippen LogP) is 1.95. The Kier molecular flexibility index (Phi) is 5.41. The van der Waals surface area contributed by atoms with Gasteiger partial charge in [-0.1, -0.05) is 13.8 Å². The van der Waals surface area contributed by atoms with E-state index < -0.39 is 0 Å². The first-order valence-electron chi connectivity index (χ1n) is 5.58. The molecular formula is C11H22FNO. The second kappa shape index (κ2) is 6.36. The summed E-state index contributed by atoms with van der Waals surface area (Å²) in [6.07, 6.45) is 0.544. The zero-order chi connectivity index (χ0) is 10.4. The summed E-state index contributed by atoms with van der Waals surface area (Å²) in [7, 11) is 0. The van der Waals surface area contributed by atoms with Gasteiger partial charge in [-0.2, -0.15) is 0 Å². The number of hydrogen-bond donors (Lipinski definition) is 0. The lowest BCUT2D eigenvalue weighted by molar-refractivity contribution is 0.00794. The van der Waals surface area contributed by atoms with Gasteiger partial charge in [-0.15, -0.1) is 0 Å². The van der Waals surface area contributed by atoms with Crippen molar-refractivity contribution in [3.63, 3.8) is 0 Å². The van der Waals surface area contributed by atoms with Crippen LogP contribution < -0.4 is 0 Å². The van der Waals surface area contributed by atoms with Gasteiger partial charge in [0.25, 0.3) is 0 Å². The van der Waals surface area contributed by atoms with Crippen LogP contribution in [-0.4, -0.2) is 44.4 Å². The molecule has 1 rings (SSSR count). The van der Waals surface area contributed by atoms with Crippen molar-refractivity contribution in [3.05, 3.63) is 0 Å². The summed E-state index contributed by atoms with van der Waals surface area (Å²) in [5.41, 5.74) is 0. The molecule has 0 N–H and O–H groups in total. The van der Waals surface area contributed by atoms with Gasteiger partial charge in [0.15, 0.2) is 0 Å². The number of halogens is 1. The Morgan fingerprint density at radius 2 is 2.14 bits per heavy atom. The summed E-state index contributed by atoms with van der Waals surface area (Å²) in [6, 6.07) is 0. The van der Waals surface area contributed by atoms with Crippen LogP contribution in [0.3, 0.4) is 0 Å². The van der Waals surface area contributed by atoms with Crippen molar-refractivity contribution in [2.45, 2.75) is 20.3 Å². The van der Waals surface area contributed by atoms with E-state index in [-0.39, 0.29) is 6.67 Å². The van der Waals surface area contributed by atoms with E-state index in [1.807, 2.05) is 0 Å². The molecule has 3 heteroatoms. The monoisotopic (exact) mass is 203 g/mol. The lowest BCUT2D eigenvalue weighted by atomic mass is 10.00. The van der Waals surface area contributed by atoms with E-state index in [1.165, 1.54) is 6.54 Å². The number of alkyl halides is 1. The van der Waals surface area contributed by atoms with E-state index in [1.54, 1.807) is 0 Å². The minimum absolute atomic E-state index is 0.260. The standard InChI is InChI=1S/C11H22FNO/c1-10(2)6-13-7-11(8-13)9-14-5-3-4-12/h10-11H,3-9H2,1-2H3. The molecule has 0 aliphatic carbocycles. The number of hydrogen-bond acceptors (Lipinski definition) is 2. The fraction of sp³-hybridized carbons (Fsp3) is 1.00. The molecule has 0 spiro atoms. The molecule has 1 fully saturated rings. The molecule has 0 aromatic heterocycles. The maximum Gasteiger partial charge on any atom is 0.0916 e. The van der Waals surface area contributed by atoms with Crippen molar-refractivity contribution in [3.8, 4) is 0 Å². The van der Waals surface area contributed by atoms with Gasteiger partial charge >= 0.3 is 0 Å². The Hall–Kier alpha value is -0.150. The molecule has 0 atom stereocenters. The highest BCUT2D eigenvalue weighted by molar-refractivity contribution is 4.79. The number of ether oxygens (including phenoxy) is 1. The van der Waals surface area contributed by atoms with Crippen LogP contribution in [-0.2, 0) is 4.74 Å². The van der Waals surface area contributed by atoms with Crippen molar-refractivity contribution in [2.24, 2.45) is 11.8 Å². The van der Waals surface area contributed by atoms with Crippen LogP contribution in [0.25, 0.3) is 0 Å². The third-order valence-electron chi connectivity index (χ3n) is 2.43. The van der Waals surface area contributed by atoms with Crippen LogP contribution in [0.15, 0.2) is 0 Å². The first kappa shape index (κ1) is 11.9. The summed E-state index contributed by atoms with van der Waals surface area (Å²) >= 11 is 0. The molecule has 0 aromatic rings. The largest absolute Gasteiger partial charge is 0.381 e. The molecular weight excluding hydrogens is 181 g/mol. The van der Waals surface area contributed by atoms with Gasteiger partial charge in [0, 0.05) is 32.2 Å². The minimum atomic E-state index is -0.260. The first-order valence-corrected chi connectivity index (χ1v) is 5.58. The summed E-state index contributed by atoms with van der Waals surface area (Å²) in [5, 5.41) is 0. The molecule has 1 saturated heterocycles. The average molecular weight is 203 g/mol. The average Bonchev–Trinajstić information content (AvgIpc) is 2.06. The van der Waals surface area contributed by atoms with E-state index in [0.717, 1.165) is 25.6 Å². The third kappa shape index (κ3) is 4.38. The normalized spacial score (nSPS) is 18.9. The van der Waals surface area contributed by atoms with Crippen LogP contribution in [0, 0.1) is 11.8 Å². The quantitative estimate of drug-likeness (QED) is 0.586. The van der Waals surface area contributed by atoms with Crippen molar-refractivity contribution in [1.29, 1.82) is 0 Å². The molecule has 0 amide bonds. The van der Waals surface area contributed by atoms with E-state index in [2.05, 4.69) is 18.7 Å². The molecule has 1 aliphatic rings. The second-order valence-corrected chi connectivity index (χ2v) is 4.60. The van der Waals surface area contributed by atoms with Crippen LogP contribution in [0.5, 0.6) is 0 Å². The molecule has 84 valence electrons. The van der Waals surface area contributed by atoms with Crippen LogP contribution >= 0.6 is 0 Å². The van der Waals surface area contributed by atoms with Gasteiger partial charge in [-0.05, 0) is 12.3 Å². The van der Waals surface area contributed by atoms with Gasteiger partial charge in [0.05, 0.1) is 13.3 Å². The molecule has 0 saturated carbocycles. The van der Waals surface area contributed by atoms with E-state index >= 15 is 0 Å². The van der Waals surface area contributed by atoms with E-state index in [4.69, 9.17) is 4.74 Å². The molecule has 1 heterocycles. The Bertz CT molecular complexity index is 146. The van der Waals surface area contributed by atoms with Gasteiger partial charge < -0.3 is 9.64 Å². The van der Waals surface area contributed by atoms with Crippen molar-refractivity contribution in [1.82, 2.24) is 4.90 Å². The molecule has 1 aliphatic heterocycles. The van der Waals surface area contributed by atoms with Crippen molar-refractivity contribution < 1.29 is 9.13 Å². The van der Waals surface area contributed by atoms with Gasteiger partial charge in [-0.25, -0.2) is 0 Å². The highest BCUT2D eigenvalue weighted by Gasteiger charge is 2.26. The topological polar surface area (TPSA) is 12.5 Å². The molecule has 0 radical (unpaired) electrons. The summed E-state index contributed by atoms with van der Waals surface area (Å²) in [6.45, 7) is 9.13. The molecule has 0 bridgehead atoms. The molecule has 0 unspecified atom stereocenters. The molecule has 2 nitrogen and oxygen atoms in total. The van der Waals surface area contributed by atoms with Gasteiger partial charge in [-0.3, -0.25) is 4.39 Å². The lowest BCUT2D eigenvalue weighted by Gasteiger charge is -2.40. The summed E-state index contributed by atoms with van der Waals surface area (Å²) < 4.78 is 17.1. The summed E-state index contributed by atoms with van der Waals surface area (Å²) in [4.78, 5) is 2.45. The fourth-order valence-electron chi connectivity index (χ4n) is 1.85. The highest BCUT2D eigenvalue weighted by Crippen LogP contribution is 2.17. The predicted molar refractivity (Wildman–Crippen MR) is 56.2 cm³/mol.